The predicted molar refractivity (Wildman–Crippen MR) is 120 cm³/mol. The fraction of sp³-hybridized carbons (Fsp3) is 0.280. The molecule has 0 aliphatic heterocycles. The molecule has 3 aromatic carbocycles. The molecule has 0 unspecified atom stereocenters. The molecule has 6 heteroatoms. The van der Waals surface area contributed by atoms with Gasteiger partial charge in [0.1, 0.15) is 12.4 Å². The van der Waals surface area contributed by atoms with Crippen molar-refractivity contribution in [1.29, 1.82) is 0 Å². The number of ether oxygens (including phenoxy) is 2. The van der Waals surface area contributed by atoms with Crippen molar-refractivity contribution >= 4 is 28.3 Å². The molecule has 0 radical (unpaired) electrons. The number of aryl methyl sites for hydroxylation is 1. The normalized spacial score (nSPS) is 10.6. The average Bonchev–Trinajstić information content (AvgIpc) is 2.79. The highest BCUT2D eigenvalue weighted by Crippen LogP contribution is 2.23. The van der Waals surface area contributed by atoms with Crippen LogP contribution in [0, 0.1) is 0 Å². The third kappa shape index (κ3) is 6.30. The smallest absolute Gasteiger partial charge is 0.344 e. The monoisotopic (exact) mass is 421 g/mol. The minimum atomic E-state index is -0.572. The van der Waals surface area contributed by atoms with Crippen LogP contribution in [0.5, 0.6) is 5.75 Å². The molecule has 3 rings (SSSR count). The lowest BCUT2D eigenvalue weighted by atomic mass is 9.99. The van der Waals surface area contributed by atoms with Gasteiger partial charge in [-0.3, -0.25) is 4.79 Å². The second-order valence-electron chi connectivity index (χ2n) is 7.18. The van der Waals surface area contributed by atoms with Gasteiger partial charge in [0.15, 0.2) is 6.61 Å². The van der Waals surface area contributed by atoms with Gasteiger partial charge in [-0.05, 0) is 47.4 Å². The number of nitrogens with one attached hydrogen (secondary N) is 1. The zero-order chi connectivity index (χ0) is 22.1. The molecule has 3 aromatic rings. The van der Waals surface area contributed by atoms with Crippen molar-refractivity contribution in [2.24, 2.45) is 0 Å². The molecule has 0 fully saturated rings. The fourth-order valence-electron chi connectivity index (χ4n) is 3.27. The van der Waals surface area contributed by atoms with Crippen LogP contribution in [-0.2, 0) is 16.0 Å². The molecule has 0 aliphatic rings. The highest BCUT2D eigenvalue weighted by Gasteiger charge is 2.12. The quantitative estimate of drug-likeness (QED) is 0.476. The maximum atomic E-state index is 12.9. The van der Waals surface area contributed by atoms with E-state index in [4.69, 9.17) is 14.6 Å². The van der Waals surface area contributed by atoms with Crippen molar-refractivity contribution in [1.82, 2.24) is 0 Å². The third-order valence-electron chi connectivity index (χ3n) is 4.81. The summed E-state index contributed by atoms with van der Waals surface area (Å²) in [5.41, 5.74) is 2.43. The summed E-state index contributed by atoms with van der Waals surface area (Å²) in [4.78, 5) is 24.4. The topological polar surface area (TPSA) is 84.9 Å². The van der Waals surface area contributed by atoms with Crippen molar-refractivity contribution < 1.29 is 24.2 Å². The Hall–Kier alpha value is -3.38. The first-order valence-corrected chi connectivity index (χ1v) is 10.4. The number of esters is 1. The molecule has 31 heavy (non-hydrogen) atoms. The van der Waals surface area contributed by atoms with E-state index in [0.29, 0.717) is 17.0 Å². The van der Waals surface area contributed by atoms with Crippen LogP contribution in [0.3, 0.4) is 0 Å². The van der Waals surface area contributed by atoms with Gasteiger partial charge in [-0.1, -0.05) is 49.7 Å². The highest BCUT2D eigenvalue weighted by molar-refractivity contribution is 6.13. The van der Waals surface area contributed by atoms with Crippen LogP contribution in [-0.4, -0.2) is 36.8 Å². The van der Waals surface area contributed by atoms with E-state index in [0.717, 1.165) is 30.0 Å². The number of hydrogen-bond donors (Lipinski definition) is 2. The standard InChI is InChI=1S/C25H27NO5/c1-2-3-6-18-11-12-22-19(15-18)7-4-10-23(22)25(29)26-20-8-5-9-21(16-20)31-17-24(28)30-14-13-27/h4-5,7-12,15-16,27H,2-3,6,13-14,17H2,1H3,(H,26,29). The zero-order valence-corrected chi connectivity index (χ0v) is 17.6. The van der Waals surface area contributed by atoms with Gasteiger partial charge in [0.2, 0.25) is 0 Å². The minimum absolute atomic E-state index is 0.0661. The summed E-state index contributed by atoms with van der Waals surface area (Å²) in [7, 11) is 0. The van der Waals surface area contributed by atoms with Crippen molar-refractivity contribution in [3.63, 3.8) is 0 Å². The summed E-state index contributed by atoms with van der Waals surface area (Å²) in [5, 5.41) is 13.5. The molecule has 0 saturated carbocycles. The molecule has 2 N–H and O–H groups in total. The van der Waals surface area contributed by atoms with Crippen LogP contribution in [0.4, 0.5) is 5.69 Å². The zero-order valence-electron chi connectivity index (χ0n) is 17.6. The molecule has 0 heterocycles. The van der Waals surface area contributed by atoms with Gasteiger partial charge in [0.05, 0.1) is 6.61 Å². The van der Waals surface area contributed by atoms with Crippen LogP contribution in [0.2, 0.25) is 0 Å². The van der Waals surface area contributed by atoms with Crippen LogP contribution >= 0.6 is 0 Å². The number of amides is 1. The Morgan fingerprint density at radius 3 is 2.68 bits per heavy atom. The van der Waals surface area contributed by atoms with Crippen molar-refractivity contribution in [3.8, 4) is 5.75 Å². The first kappa shape index (κ1) is 22.3. The van der Waals surface area contributed by atoms with Crippen molar-refractivity contribution in [3.05, 3.63) is 71.8 Å². The SMILES string of the molecule is CCCCc1ccc2c(C(=O)Nc3cccc(OCC(=O)OCCO)c3)cccc2c1. The van der Waals surface area contributed by atoms with Gasteiger partial charge < -0.3 is 19.9 Å². The Morgan fingerprint density at radius 1 is 1.03 bits per heavy atom. The lowest BCUT2D eigenvalue weighted by Gasteiger charge is -2.11. The summed E-state index contributed by atoms with van der Waals surface area (Å²) in [6, 6.07) is 18.8. The summed E-state index contributed by atoms with van der Waals surface area (Å²) in [6.07, 6.45) is 3.32. The predicted octanol–water partition coefficient (Wildman–Crippen LogP) is 4.35. The molecule has 0 aromatic heterocycles. The summed E-state index contributed by atoms with van der Waals surface area (Å²) < 4.78 is 10.2. The number of aliphatic hydroxyl groups excluding tert-OH is 1. The molecule has 0 saturated heterocycles. The fourth-order valence-corrected chi connectivity index (χ4v) is 3.27. The Kier molecular flexibility index (Phi) is 8.01. The number of carbonyl (C=O) groups excluding carboxylic acids is 2. The largest absolute Gasteiger partial charge is 0.482 e. The van der Waals surface area contributed by atoms with E-state index in [-0.39, 0.29) is 25.7 Å². The molecule has 6 nitrogen and oxygen atoms in total. The summed E-state index contributed by atoms with van der Waals surface area (Å²) >= 11 is 0. The maximum Gasteiger partial charge on any atom is 0.344 e. The van der Waals surface area contributed by atoms with Gasteiger partial charge in [-0.15, -0.1) is 0 Å². The van der Waals surface area contributed by atoms with Gasteiger partial charge in [0, 0.05) is 17.3 Å². The van der Waals surface area contributed by atoms with E-state index in [1.807, 2.05) is 18.2 Å². The Bertz CT molecular complexity index is 1050. The Labute approximate surface area is 181 Å². The highest BCUT2D eigenvalue weighted by atomic mass is 16.6. The van der Waals surface area contributed by atoms with Crippen molar-refractivity contribution in [2.45, 2.75) is 26.2 Å². The number of hydrogen-bond acceptors (Lipinski definition) is 5. The van der Waals surface area contributed by atoms with E-state index in [1.165, 1.54) is 5.56 Å². The molecule has 1 amide bonds. The van der Waals surface area contributed by atoms with Gasteiger partial charge in [0.25, 0.3) is 5.91 Å². The number of benzene rings is 3. The number of carbonyl (C=O) groups is 2. The third-order valence-corrected chi connectivity index (χ3v) is 4.81. The molecule has 0 bridgehead atoms. The van der Waals surface area contributed by atoms with Crippen molar-refractivity contribution in [2.75, 3.05) is 25.1 Å². The Morgan fingerprint density at radius 2 is 1.87 bits per heavy atom. The lowest BCUT2D eigenvalue weighted by molar-refractivity contribution is -0.146. The van der Waals surface area contributed by atoms with Gasteiger partial charge >= 0.3 is 5.97 Å². The van der Waals surface area contributed by atoms with Gasteiger partial charge in [-0.2, -0.15) is 0 Å². The van der Waals surface area contributed by atoms with Crippen LogP contribution < -0.4 is 10.1 Å². The summed E-state index contributed by atoms with van der Waals surface area (Å²) in [5.74, 6) is -0.360. The molecule has 0 aliphatic carbocycles. The van der Waals surface area contributed by atoms with Crippen LogP contribution in [0.25, 0.3) is 10.8 Å². The van der Waals surface area contributed by atoms with E-state index in [1.54, 1.807) is 30.3 Å². The van der Waals surface area contributed by atoms with Crippen LogP contribution in [0.15, 0.2) is 60.7 Å². The van der Waals surface area contributed by atoms with E-state index in [9.17, 15) is 9.59 Å². The van der Waals surface area contributed by atoms with Gasteiger partial charge in [-0.25, -0.2) is 4.79 Å². The number of rotatable bonds is 10. The molecule has 0 atom stereocenters. The Balaban J connectivity index is 1.70. The van der Waals surface area contributed by atoms with Crippen LogP contribution in [0.1, 0.15) is 35.7 Å². The van der Waals surface area contributed by atoms with E-state index < -0.39 is 5.97 Å². The lowest BCUT2D eigenvalue weighted by Crippen LogP contribution is -2.17. The molecular weight excluding hydrogens is 394 g/mol. The van der Waals surface area contributed by atoms with E-state index >= 15 is 0 Å². The second-order valence-corrected chi connectivity index (χ2v) is 7.18. The summed E-state index contributed by atoms with van der Waals surface area (Å²) in [6.45, 7) is 1.60. The number of aliphatic hydroxyl groups is 1. The first-order chi connectivity index (χ1) is 15.1. The maximum absolute atomic E-state index is 12.9. The van der Waals surface area contributed by atoms with E-state index in [2.05, 4.69) is 24.4 Å². The minimum Gasteiger partial charge on any atom is -0.482 e. The molecule has 0 spiro atoms. The number of unbranched alkanes of at least 4 members (excludes halogenated alkanes) is 1. The average molecular weight is 421 g/mol. The second kappa shape index (κ2) is 11.1. The number of anilines is 1. The first-order valence-electron chi connectivity index (χ1n) is 10.4. The number of fused-ring (bicyclic) bond motifs is 1. The molecular formula is C25H27NO5. The molecule has 162 valence electrons.